The molecule has 1 rings (SSSR count). The van der Waals surface area contributed by atoms with Gasteiger partial charge >= 0.3 is 0 Å². The van der Waals surface area contributed by atoms with Crippen LogP contribution in [-0.2, 0) is 4.74 Å². The van der Waals surface area contributed by atoms with Crippen molar-refractivity contribution in [2.75, 3.05) is 13.7 Å². The lowest BCUT2D eigenvalue weighted by molar-refractivity contribution is 0.141. The number of hydrogen-bond acceptors (Lipinski definition) is 2. The Bertz CT molecular complexity index is 341. The van der Waals surface area contributed by atoms with E-state index in [1.54, 1.807) is 7.11 Å². The minimum Gasteiger partial charge on any atom is -0.383 e. The lowest BCUT2D eigenvalue weighted by atomic mass is 10.0. The molecule has 1 aromatic rings. The molecular weight excluding hydrogens is 278 g/mol. The molecule has 2 atom stereocenters. The molecule has 0 aliphatic carbocycles. The molecule has 0 aliphatic rings. The van der Waals surface area contributed by atoms with Crippen LogP contribution < -0.4 is 5.32 Å². The first-order valence-electron chi connectivity index (χ1n) is 6.05. The van der Waals surface area contributed by atoms with Gasteiger partial charge in [-0.3, -0.25) is 0 Å². The second-order valence-electron chi connectivity index (χ2n) is 4.75. The Hall–Kier alpha value is -0.380. The summed E-state index contributed by atoms with van der Waals surface area (Å²) in [6, 6.07) is 9.13. The molecule has 0 saturated heterocycles. The van der Waals surface area contributed by atoms with Gasteiger partial charge in [0, 0.05) is 23.7 Å². The topological polar surface area (TPSA) is 21.3 Å². The third-order valence-electron chi connectivity index (χ3n) is 2.96. The summed E-state index contributed by atoms with van der Waals surface area (Å²) in [5.74, 6) is 0.560. The van der Waals surface area contributed by atoms with Gasteiger partial charge in [-0.1, -0.05) is 41.9 Å². The van der Waals surface area contributed by atoms with Gasteiger partial charge < -0.3 is 10.1 Å². The van der Waals surface area contributed by atoms with Crippen LogP contribution in [0.4, 0.5) is 0 Å². The van der Waals surface area contributed by atoms with E-state index in [0.717, 1.165) is 11.1 Å². The Kier molecular flexibility index (Phi) is 6.17. The van der Waals surface area contributed by atoms with E-state index in [4.69, 9.17) is 4.74 Å². The third-order valence-corrected chi connectivity index (χ3v) is 3.46. The van der Waals surface area contributed by atoms with Crippen LogP contribution in [0.3, 0.4) is 0 Å². The zero-order valence-corrected chi connectivity index (χ0v) is 12.6. The zero-order valence-electron chi connectivity index (χ0n) is 11.0. The van der Waals surface area contributed by atoms with Gasteiger partial charge in [0.1, 0.15) is 0 Å². The fraction of sp³-hybridized carbons (Fsp3) is 0.571. The minimum absolute atomic E-state index is 0.329. The molecule has 3 heteroatoms. The second kappa shape index (κ2) is 7.14. The molecule has 17 heavy (non-hydrogen) atoms. The molecule has 96 valence electrons. The first-order valence-corrected chi connectivity index (χ1v) is 6.84. The van der Waals surface area contributed by atoms with Gasteiger partial charge in [0.05, 0.1) is 6.61 Å². The van der Waals surface area contributed by atoms with Gasteiger partial charge in [-0.15, -0.1) is 0 Å². The lowest BCUT2D eigenvalue weighted by Gasteiger charge is -2.26. The summed E-state index contributed by atoms with van der Waals surface area (Å²) in [6.07, 6.45) is 0. The Balaban J connectivity index is 2.66. The van der Waals surface area contributed by atoms with E-state index in [9.17, 15) is 0 Å². The van der Waals surface area contributed by atoms with Crippen LogP contribution in [0.2, 0.25) is 0 Å². The molecule has 0 fully saturated rings. The molecule has 0 heterocycles. The van der Waals surface area contributed by atoms with E-state index in [1.165, 1.54) is 5.56 Å². The number of benzene rings is 1. The molecule has 0 radical (unpaired) electrons. The summed E-state index contributed by atoms with van der Waals surface area (Å²) in [4.78, 5) is 0. The van der Waals surface area contributed by atoms with Crippen LogP contribution in [-0.4, -0.2) is 19.8 Å². The lowest BCUT2D eigenvalue weighted by Crippen LogP contribution is -2.39. The highest BCUT2D eigenvalue weighted by Crippen LogP contribution is 2.19. The fourth-order valence-corrected chi connectivity index (χ4v) is 2.22. The van der Waals surface area contributed by atoms with Crippen molar-refractivity contribution in [2.24, 2.45) is 5.92 Å². The van der Waals surface area contributed by atoms with Crippen molar-refractivity contribution in [3.63, 3.8) is 0 Å². The molecule has 0 aromatic heterocycles. The average molecular weight is 300 g/mol. The third kappa shape index (κ3) is 4.78. The molecule has 0 amide bonds. The molecule has 2 nitrogen and oxygen atoms in total. The predicted molar refractivity (Wildman–Crippen MR) is 76.2 cm³/mol. The Morgan fingerprint density at radius 3 is 2.53 bits per heavy atom. The number of ether oxygens (including phenoxy) is 1. The summed E-state index contributed by atoms with van der Waals surface area (Å²) in [6.45, 7) is 7.36. The highest BCUT2D eigenvalue weighted by Gasteiger charge is 2.16. The summed E-state index contributed by atoms with van der Waals surface area (Å²) in [5, 5.41) is 3.62. The largest absolute Gasteiger partial charge is 0.383 e. The molecular formula is C14H22BrNO. The number of methoxy groups -OCH3 is 1. The molecule has 1 unspecified atom stereocenters. The second-order valence-corrected chi connectivity index (χ2v) is 5.66. The van der Waals surface area contributed by atoms with Crippen molar-refractivity contribution < 1.29 is 4.74 Å². The van der Waals surface area contributed by atoms with Crippen LogP contribution in [0.25, 0.3) is 0 Å². The fourth-order valence-electron chi connectivity index (χ4n) is 1.81. The normalized spacial score (nSPS) is 14.9. The maximum atomic E-state index is 5.25. The number of hydrogen-bond donors (Lipinski definition) is 1. The Labute approximate surface area is 113 Å². The van der Waals surface area contributed by atoms with E-state index in [2.05, 4.69) is 60.2 Å². The van der Waals surface area contributed by atoms with Crippen molar-refractivity contribution in [3.8, 4) is 0 Å². The SMILES string of the molecule is COCC(N[C@@H](C)c1cccc(Br)c1)C(C)C. The molecule has 0 saturated carbocycles. The number of rotatable bonds is 6. The standard InChI is InChI=1S/C14H22BrNO/c1-10(2)14(9-17-4)16-11(3)12-6-5-7-13(15)8-12/h5-8,10-11,14,16H,9H2,1-4H3/t11-,14?/m0/s1. The first kappa shape index (κ1) is 14.7. The quantitative estimate of drug-likeness (QED) is 0.863. The van der Waals surface area contributed by atoms with Crippen LogP contribution in [0, 0.1) is 5.92 Å². The molecule has 0 spiro atoms. The van der Waals surface area contributed by atoms with Crippen molar-refractivity contribution in [2.45, 2.75) is 32.9 Å². The summed E-state index contributed by atoms with van der Waals surface area (Å²) < 4.78 is 6.38. The maximum absolute atomic E-state index is 5.25. The molecule has 0 bridgehead atoms. The van der Waals surface area contributed by atoms with E-state index >= 15 is 0 Å². The smallest absolute Gasteiger partial charge is 0.0618 e. The summed E-state index contributed by atoms with van der Waals surface area (Å²) in [7, 11) is 1.75. The molecule has 1 N–H and O–H groups in total. The minimum atomic E-state index is 0.329. The predicted octanol–water partition coefficient (Wildman–Crippen LogP) is 3.77. The highest BCUT2D eigenvalue weighted by atomic mass is 79.9. The van der Waals surface area contributed by atoms with E-state index in [0.29, 0.717) is 18.0 Å². The van der Waals surface area contributed by atoms with Gasteiger partial charge in [0.15, 0.2) is 0 Å². The summed E-state index contributed by atoms with van der Waals surface area (Å²) in [5.41, 5.74) is 1.29. The number of halogens is 1. The van der Waals surface area contributed by atoms with E-state index < -0.39 is 0 Å². The first-order chi connectivity index (χ1) is 8.04. The Morgan fingerprint density at radius 1 is 1.29 bits per heavy atom. The van der Waals surface area contributed by atoms with Crippen LogP contribution in [0.1, 0.15) is 32.4 Å². The van der Waals surface area contributed by atoms with E-state index in [1.807, 2.05) is 6.07 Å². The maximum Gasteiger partial charge on any atom is 0.0618 e. The van der Waals surface area contributed by atoms with Gasteiger partial charge in [-0.05, 0) is 30.5 Å². The monoisotopic (exact) mass is 299 g/mol. The highest BCUT2D eigenvalue weighted by molar-refractivity contribution is 9.10. The van der Waals surface area contributed by atoms with Crippen molar-refractivity contribution in [1.29, 1.82) is 0 Å². The van der Waals surface area contributed by atoms with Crippen LogP contribution in [0.5, 0.6) is 0 Å². The van der Waals surface area contributed by atoms with Gasteiger partial charge in [0.2, 0.25) is 0 Å². The van der Waals surface area contributed by atoms with Crippen LogP contribution in [0.15, 0.2) is 28.7 Å². The van der Waals surface area contributed by atoms with Gasteiger partial charge in [0.25, 0.3) is 0 Å². The van der Waals surface area contributed by atoms with Gasteiger partial charge in [-0.2, -0.15) is 0 Å². The Morgan fingerprint density at radius 2 is 2.00 bits per heavy atom. The zero-order chi connectivity index (χ0) is 12.8. The van der Waals surface area contributed by atoms with Crippen molar-refractivity contribution >= 4 is 15.9 Å². The average Bonchev–Trinajstić information content (AvgIpc) is 2.28. The summed E-state index contributed by atoms with van der Waals surface area (Å²) >= 11 is 3.50. The van der Waals surface area contributed by atoms with Crippen molar-refractivity contribution in [3.05, 3.63) is 34.3 Å². The van der Waals surface area contributed by atoms with E-state index in [-0.39, 0.29) is 0 Å². The van der Waals surface area contributed by atoms with Crippen LogP contribution >= 0.6 is 15.9 Å². The van der Waals surface area contributed by atoms with Crippen molar-refractivity contribution in [1.82, 2.24) is 5.32 Å². The number of nitrogens with one attached hydrogen (secondary N) is 1. The molecule has 1 aromatic carbocycles. The van der Waals surface area contributed by atoms with Gasteiger partial charge in [-0.25, -0.2) is 0 Å². The molecule has 0 aliphatic heterocycles.